The highest BCUT2D eigenvalue weighted by Gasteiger charge is 2.54. The summed E-state index contributed by atoms with van der Waals surface area (Å²) in [6, 6.07) is 10.2. The van der Waals surface area contributed by atoms with Crippen molar-refractivity contribution in [1.29, 1.82) is 0 Å². The van der Waals surface area contributed by atoms with Gasteiger partial charge < -0.3 is 10.2 Å². The van der Waals surface area contributed by atoms with Gasteiger partial charge in [-0.05, 0) is 63.6 Å². The number of carbonyl (C=O) groups is 1. The third kappa shape index (κ3) is 2.67. The Hall–Kier alpha value is -1.35. The van der Waals surface area contributed by atoms with E-state index in [2.05, 4.69) is 36.2 Å². The van der Waals surface area contributed by atoms with Gasteiger partial charge >= 0.3 is 0 Å². The molecule has 2 aliphatic rings. The fourth-order valence-electron chi connectivity index (χ4n) is 4.11. The molecule has 120 valence electrons. The molecule has 1 N–H and O–H groups in total. The Morgan fingerprint density at radius 2 is 1.91 bits per heavy atom. The number of benzene rings is 1. The van der Waals surface area contributed by atoms with Crippen molar-refractivity contribution in [3.63, 3.8) is 0 Å². The lowest BCUT2D eigenvalue weighted by Crippen LogP contribution is -2.47. The number of nitrogens with one attached hydrogen (secondary N) is 1. The summed E-state index contributed by atoms with van der Waals surface area (Å²) >= 11 is 0. The van der Waals surface area contributed by atoms with E-state index in [9.17, 15) is 4.79 Å². The zero-order valence-corrected chi connectivity index (χ0v) is 14.1. The van der Waals surface area contributed by atoms with Crippen molar-refractivity contribution in [3.8, 4) is 0 Å². The summed E-state index contributed by atoms with van der Waals surface area (Å²) in [4.78, 5) is 15.1. The second kappa shape index (κ2) is 5.69. The summed E-state index contributed by atoms with van der Waals surface area (Å²) < 4.78 is 0. The molecular formula is C19H28N2O. The first-order chi connectivity index (χ1) is 10.5. The first-order valence-corrected chi connectivity index (χ1v) is 8.49. The average Bonchev–Trinajstić information content (AvgIpc) is 3.20. The highest BCUT2D eigenvalue weighted by atomic mass is 16.2. The summed E-state index contributed by atoms with van der Waals surface area (Å²) in [6.45, 7) is 7.08. The molecule has 1 aliphatic carbocycles. The van der Waals surface area contributed by atoms with E-state index in [-0.39, 0.29) is 5.91 Å². The molecular weight excluding hydrogens is 272 g/mol. The molecule has 1 amide bonds. The van der Waals surface area contributed by atoms with E-state index < -0.39 is 5.41 Å². The zero-order chi connectivity index (χ0) is 15.8. The molecule has 1 spiro atoms. The van der Waals surface area contributed by atoms with Gasteiger partial charge in [0.2, 0.25) is 5.91 Å². The normalized spacial score (nSPS) is 23.6. The van der Waals surface area contributed by atoms with Gasteiger partial charge in [0, 0.05) is 13.1 Å². The van der Waals surface area contributed by atoms with E-state index in [0.717, 1.165) is 31.1 Å². The van der Waals surface area contributed by atoms with Gasteiger partial charge in [-0.15, -0.1) is 0 Å². The summed E-state index contributed by atoms with van der Waals surface area (Å²) in [7, 11) is 2.03. The Balaban J connectivity index is 1.63. The molecule has 1 unspecified atom stereocenters. The lowest BCUT2D eigenvalue weighted by atomic mass is 9.81. The standard InChI is InChI=1S/C19H28N2O/c1-18(2,15-7-5-4-6-8-15)17(22)21-11-9-19(10-12-21)13-16(19)14-20-3/h4-8,16,20H,9-14H2,1-3H3. The Bertz CT molecular complexity index is 530. The first kappa shape index (κ1) is 15.5. The van der Waals surface area contributed by atoms with Crippen LogP contribution in [0.3, 0.4) is 0 Å². The van der Waals surface area contributed by atoms with Crippen molar-refractivity contribution < 1.29 is 4.79 Å². The summed E-state index contributed by atoms with van der Waals surface area (Å²) in [6.07, 6.45) is 3.70. The van der Waals surface area contributed by atoms with E-state index in [1.165, 1.54) is 19.3 Å². The van der Waals surface area contributed by atoms with Crippen LogP contribution in [0.2, 0.25) is 0 Å². The molecule has 1 aromatic carbocycles. The molecule has 3 nitrogen and oxygen atoms in total. The monoisotopic (exact) mass is 300 g/mol. The summed E-state index contributed by atoms with van der Waals surface area (Å²) in [5.74, 6) is 1.11. The second-order valence-electron chi connectivity index (χ2n) is 7.60. The molecule has 1 saturated heterocycles. The molecule has 3 heteroatoms. The first-order valence-electron chi connectivity index (χ1n) is 8.49. The highest BCUT2D eigenvalue weighted by Crippen LogP contribution is 2.59. The van der Waals surface area contributed by atoms with Gasteiger partial charge in [-0.3, -0.25) is 4.79 Å². The number of rotatable bonds is 4. The maximum Gasteiger partial charge on any atom is 0.232 e. The van der Waals surface area contributed by atoms with Crippen LogP contribution < -0.4 is 5.32 Å². The minimum atomic E-state index is -0.431. The second-order valence-corrected chi connectivity index (χ2v) is 7.60. The number of piperidine rings is 1. The van der Waals surface area contributed by atoms with Gasteiger partial charge in [-0.1, -0.05) is 30.3 Å². The average molecular weight is 300 g/mol. The molecule has 3 rings (SSSR count). The third-order valence-electron chi connectivity index (χ3n) is 5.89. The molecule has 1 heterocycles. The third-order valence-corrected chi connectivity index (χ3v) is 5.89. The number of hydrogen-bond acceptors (Lipinski definition) is 2. The number of nitrogens with zero attached hydrogens (tertiary/aromatic N) is 1. The highest BCUT2D eigenvalue weighted by molar-refractivity contribution is 5.87. The topological polar surface area (TPSA) is 32.3 Å². The van der Waals surface area contributed by atoms with Crippen molar-refractivity contribution in [3.05, 3.63) is 35.9 Å². The van der Waals surface area contributed by atoms with Crippen LogP contribution in [0.1, 0.15) is 38.7 Å². The van der Waals surface area contributed by atoms with Gasteiger partial charge in [-0.25, -0.2) is 0 Å². The Kier molecular flexibility index (Phi) is 4.02. The molecule has 1 saturated carbocycles. The minimum absolute atomic E-state index is 0.277. The van der Waals surface area contributed by atoms with E-state index >= 15 is 0 Å². The SMILES string of the molecule is CNCC1CC12CCN(C(=O)C(C)(C)c1ccccc1)CC2. The van der Waals surface area contributed by atoms with Gasteiger partial charge in [0.25, 0.3) is 0 Å². The maximum atomic E-state index is 13.0. The summed E-state index contributed by atoms with van der Waals surface area (Å²) in [5.41, 5.74) is 1.22. The van der Waals surface area contributed by atoms with Gasteiger partial charge in [0.1, 0.15) is 0 Å². The van der Waals surface area contributed by atoms with Gasteiger partial charge in [0.05, 0.1) is 5.41 Å². The predicted octanol–water partition coefficient (Wildman–Crippen LogP) is 2.81. The quantitative estimate of drug-likeness (QED) is 0.927. The van der Waals surface area contributed by atoms with Crippen LogP contribution in [0.4, 0.5) is 0 Å². The van der Waals surface area contributed by atoms with Crippen LogP contribution in [-0.2, 0) is 10.2 Å². The number of amides is 1. The summed E-state index contributed by atoms with van der Waals surface area (Å²) in [5, 5.41) is 3.30. The number of carbonyl (C=O) groups excluding carboxylic acids is 1. The van der Waals surface area contributed by atoms with E-state index in [1.54, 1.807) is 0 Å². The zero-order valence-electron chi connectivity index (χ0n) is 14.1. The fraction of sp³-hybridized carbons (Fsp3) is 0.632. The maximum absolute atomic E-state index is 13.0. The van der Waals surface area contributed by atoms with Crippen molar-refractivity contribution in [2.75, 3.05) is 26.7 Å². The number of likely N-dealkylation sites (tertiary alicyclic amines) is 1. The van der Waals surface area contributed by atoms with Crippen molar-refractivity contribution in [1.82, 2.24) is 10.2 Å². The predicted molar refractivity (Wildman–Crippen MR) is 89.7 cm³/mol. The van der Waals surface area contributed by atoms with Gasteiger partial charge in [0.15, 0.2) is 0 Å². The fourth-order valence-corrected chi connectivity index (χ4v) is 4.11. The molecule has 22 heavy (non-hydrogen) atoms. The molecule has 1 atom stereocenters. The molecule has 1 aromatic rings. The van der Waals surface area contributed by atoms with Crippen LogP contribution in [0.25, 0.3) is 0 Å². The Morgan fingerprint density at radius 1 is 1.27 bits per heavy atom. The van der Waals surface area contributed by atoms with E-state index in [0.29, 0.717) is 5.41 Å². The minimum Gasteiger partial charge on any atom is -0.342 e. The van der Waals surface area contributed by atoms with E-state index in [4.69, 9.17) is 0 Å². The Morgan fingerprint density at radius 3 is 2.50 bits per heavy atom. The number of hydrogen-bond donors (Lipinski definition) is 1. The molecule has 0 radical (unpaired) electrons. The van der Waals surface area contributed by atoms with E-state index in [1.807, 2.05) is 25.2 Å². The lowest BCUT2D eigenvalue weighted by Gasteiger charge is -2.38. The molecule has 0 bridgehead atoms. The van der Waals surface area contributed by atoms with Crippen molar-refractivity contribution in [2.24, 2.45) is 11.3 Å². The molecule has 2 fully saturated rings. The van der Waals surface area contributed by atoms with Crippen molar-refractivity contribution >= 4 is 5.91 Å². The largest absolute Gasteiger partial charge is 0.342 e. The van der Waals surface area contributed by atoms with Crippen LogP contribution >= 0.6 is 0 Å². The Labute approximate surface area is 134 Å². The lowest BCUT2D eigenvalue weighted by molar-refractivity contribution is -0.138. The molecule has 0 aromatic heterocycles. The van der Waals surface area contributed by atoms with Crippen LogP contribution in [0.15, 0.2) is 30.3 Å². The van der Waals surface area contributed by atoms with Gasteiger partial charge in [-0.2, -0.15) is 0 Å². The van der Waals surface area contributed by atoms with Crippen LogP contribution in [0, 0.1) is 11.3 Å². The van der Waals surface area contributed by atoms with Crippen molar-refractivity contribution in [2.45, 2.75) is 38.5 Å². The van der Waals surface area contributed by atoms with Crippen LogP contribution in [-0.4, -0.2) is 37.5 Å². The smallest absolute Gasteiger partial charge is 0.232 e. The van der Waals surface area contributed by atoms with Crippen LogP contribution in [0.5, 0.6) is 0 Å². The molecule has 1 aliphatic heterocycles.